The van der Waals surface area contributed by atoms with Gasteiger partial charge in [-0.2, -0.15) is 0 Å². The van der Waals surface area contributed by atoms with Crippen LogP contribution in [0.2, 0.25) is 0 Å². The summed E-state index contributed by atoms with van der Waals surface area (Å²) in [6.07, 6.45) is -0.0851. The lowest BCUT2D eigenvalue weighted by Crippen LogP contribution is -2.41. The predicted molar refractivity (Wildman–Crippen MR) is 77.9 cm³/mol. The topological polar surface area (TPSA) is 27.7 Å². The zero-order valence-corrected chi connectivity index (χ0v) is 13.0. The molecule has 0 aromatic heterocycles. The highest BCUT2D eigenvalue weighted by Gasteiger charge is 2.52. The average Bonchev–Trinajstić information content (AvgIpc) is 2.50. The fourth-order valence-electron chi connectivity index (χ4n) is 2.02. The molecule has 0 saturated carbocycles. The van der Waals surface area contributed by atoms with Crippen LogP contribution in [0.4, 0.5) is 4.39 Å². The number of hydrogen-bond donors (Lipinski definition) is 0. The monoisotopic (exact) mass is 280 g/mol. The van der Waals surface area contributed by atoms with E-state index in [4.69, 9.17) is 14.0 Å². The van der Waals surface area contributed by atoms with E-state index >= 15 is 0 Å². The van der Waals surface area contributed by atoms with Crippen LogP contribution in [0.15, 0.2) is 18.2 Å². The van der Waals surface area contributed by atoms with Crippen molar-refractivity contribution in [3.63, 3.8) is 0 Å². The van der Waals surface area contributed by atoms with Crippen LogP contribution in [0.5, 0.6) is 5.75 Å². The van der Waals surface area contributed by atoms with E-state index in [-0.39, 0.29) is 11.9 Å². The van der Waals surface area contributed by atoms with Crippen molar-refractivity contribution >= 4 is 12.6 Å². The van der Waals surface area contributed by atoms with E-state index in [1.165, 1.54) is 0 Å². The fourth-order valence-corrected chi connectivity index (χ4v) is 2.02. The highest BCUT2D eigenvalue weighted by molar-refractivity contribution is 6.62. The summed E-state index contributed by atoms with van der Waals surface area (Å²) < 4.78 is 31.7. The van der Waals surface area contributed by atoms with Crippen LogP contribution in [0.3, 0.4) is 0 Å². The molecule has 1 aliphatic rings. The first-order valence-corrected chi connectivity index (χ1v) is 6.95. The van der Waals surface area contributed by atoms with E-state index < -0.39 is 24.1 Å². The third kappa shape index (κ3) is 2.70. The molecule has 5 heteroatoms. The van der Waals surface area contributed by atoms with Gasteiger partial charge in [0.2, 0.25) is 0 Å². The van der Waals surface area contributed by atoms with Crippen molar-refractivity contribution in [2.45, 2.75) is 58.8 Å². The van der Waals surface area contributed by atoms with Gasteiger partial charge in [0, 0.05) is 5.46 Å². The van der Waals surface area contributed by atoms with E-state index in [0.717, 1.165) is 0 Å². The van der Waals surface area contributed by atoms with Gasteiger partial charge in [-0.05, 0) is 47.6 Å². The van der Waals surface area contributed by atoms with Crippen LogP contribution < -0.4 is 10.2 Å². The number of halogens is 1. The van der Waals surface area contributed by atoms with Gasteiger partial charge in [-0.15, -0.1) is 0 Å². The molecule has 0 unspecified atom stereocenters. The van der Waals surface area contributed by atoms with E-state index in [1.807, 2.05) is 41.5 Å². The third-order valence-corrected chi connectivity index (χ3v) is 3.86. The van der Waals surface area contributed by atoms with Crippen LogP contribution in [-0.4, -0.2) is 24.4 Å². The molecule has 3 nitrogen and oxygen atoms in total. The molecule has 1 heterocycles. The molecule has 1 aromatic carbocycles. The molecule has 1 aliphatic heterocycles. The van der Waals surface area contributed by atoms with Gasteiger partial charge in [-0.25, -0.2) is 4.39 Å². The van der Waals surface area contributed by atoms with Crippen LogP contribution >= 0.6 is 0 Å². The third-order valence-electron chi connectivity index (χ3n) is 3.86. The summed E-state index contributed by atoms with van der Waals surface area (Å²) in [6.45, 7) is 11.5. The Bertz CT molecular complexity index is 484. The lowest BCUT2D eigenvalue weighted by atomic mass is 9.78. The Morgan fingerprint density at radius 2 is 1.65 bits per heavy atom. The number of hydrogen-bond acceptors (Lipinski definition) is 3. The van der Waals surface area contributed by atoms with Gasteiger partial charge in [0.15, 0.2) is 11.6 Å². The van der Waals surface area contributed by atoms with Gasteiger partial charge in [0.1, 0.15) is 0 Å². The molecule has 0 bridgehead atoms. The maximum atomic E-state index is 14.5. The molecule has 0 aliphatic carbocycles. The number of benzene rings is 1. The van der Waals surface area contributed by atoms with Crippen LogP contribution in [0.25, 0.3) is 0 Å². The summed E-state index contributed by atoms with van der Waals surface area (Å²) in [7, 11) is -0.712. The minimum atomic E-state index is -0.712. The maximum absolute atomic E-state index is 14.5. The summed E-state index contributed by atoms with van der Waals surface area (Å²) >= 11 is 0. The molecule has 1 saturated heterocycles. The molecule has 0 atom stereocenters. The molecular formula is C15H22BFO3. The lowest BCUT2D eigenvalue weighted by Gasteiger charge is -2.32. The summed E-state index contributed by atoms with van der Waals surface area (Å²) in [6, 6.07) is 5.04. The van der Waals surface area contributed by atoms with Gasteiger partial charge in [0.05, 0.1) is 17.3 Å². The minimum absolute atomic E-state index is 0.0851. The maximum Gasteiger partial charge on any atom is 0.497 e. The van der Waals surface area contributed by atoms with E-state index in [0.29, 0.717) is 5.46 Å². The molecule has 0 N–H and O–H groups in total. The summed E-state index contributed by atoms with van der Waals surface area (Å²) in [5, 5.41) is 0. The van der Waals surface area contributed by atoms with Gasteiger partial charge < -0.3 is 14.0 Å². The molecule has 0 amide bonds. The Hall–Kier alpha value is -1.07. The molecule has 0 spiro atoms. The van der Waals surface area contributed by atoms with Crippen molar-refractivity contribution in [3.05, 3.63) is 24.0 Å². The largest absolute Gasteiger partial charge is 0.497 e. The Kier molecular flexibility index (Phi) is 3.86. The first kappa shape index (κ1) is 15.3. The molecule has 1 aromatic rings. The quantitative estimate of drug-likeness (QED) is 0.797. The minimum Gasteiger partial charge on any atom is -0.488 e. The molecular weight excluding hydrogens is 258 g/mol. The van der Waals surface area contributed by atoms with Gasteiger partial charge in [-0.3, -0.25) is 0 Å². The fraction of sp³-hybridized carbons (Fsp3) is 0.600. The van der Waals surface area contributed by atoms with Crippen molar-refractivity contribution < 1.29 is 18.4 Å². The van der Waals surface area contributed by atoms with E-state index in [9.17, 15) is 4.39 Å². The number of ether oxygens (including phenoxy) is 1. The number of rotatable bonds is 3. The van der Waals surface area contributed by atoms with Crippen molar-refractivity contribution in [2.24, 2.45) is 0 Å². The Morgan fingerprint density at radius 1 is 1.10 bits per heavy atom. The zero-order chi connectivity index (χ0) is 15.1. The summed E-state index contributed by atoms with van der Waals surface area (Å²) in [5.41, 5.74) is -0.598. The van der Waals surface area contributed by atoms with Crippen molar-refractivity contribution in [1.29, 1.82) is 0 Å². The van der Waals surface area contributed by atoms with Gasteiger partial charge >= 0.3 is 7.12 Å². The average molecular weight is 280 g/mol. The first-order chi connectivity index (χ1) is 9.14. The smallest absolute Gasteiger partial charge is 0.488 e. The predicted octanol–water partition coefficient (Wildman–Crippen LogP) is 2.91. The summed E-state index contributed by atoms with van der Waals surface area (Å²) in [5.74, 6) is -0.188. The summed E-state index contributed by atoms with van der Waals surface area (Å²) in [4.78, 5) is 0. The van der Waals surface area contributed by atoms with Crippen LogP contribution in [0, 0.1) is 5.82 Å². The first-order valence-electron chi connectivity index (χ1n) is 6.95. The second kappa shape index (κ2) is 5.04. The van der Waals surface area contributed by atoms with Gasteiger partial charge in [0.25, 0.3) is 0 Å². The molecule has 2 rings (SSSR count). The van der Waals surface area contributed by atoms with Gasteiger partial charge in [-0.1, -0.05) is 12.1 Å². The van der Waals surface area contributed by atoms with Crippen molar-refractivity contribution in [1.82, 2.24) is 0 Å². The SMILES string of the molecule is CC(C)Oc1cccc(B2OC(C)(C)C(C)(C)O2)c1F. The Balaban J connectivity index is 2.31. The molecule has 1 fully saturated rings. The lowest BCUT2D eigenvalue weighted by molar-refractivity contribution is 0.00578. The Morgan fingerprint density at radius 3 is 2.15 bits per heavy atom. The molecule has 0 radical (unpaired) electrons. The molecule has 20 heavy (non-hydrogen) atoms. The van der Waals surface area contributed by atoms with Crippen LogP contribution in [0.1, 0.15) is 41.5 Å². The zero-order valence-electron chi connectivity index (χ0n) is 13.0. The van der Waals surface area contributed by atoms with Crippen molar-refractivity contribution in [2.75, 3.05) is 0 Å². The second-order valence-electron chi connectivity index (χ2n) is 6.41. The van der Waals surface area contributed by atoms with E-state index in [1.54, 1.807) is 18.2 Å². The highest BCUT2D eigenvalue weighted by atomic mass is 19.1. The normalized spacial score (nSPS) is 20.5. The standard InChI is InChI=1S/C15H22BFO3/c1-10(2)18-12-9-7-8-11(13(12)17)16-19-14(3,4)15(5,6)20-16/h7-10H,1-6H3. The van der Waals surface area contributed by atoms with Crippen LogP contribution in [-0.2, 0) is 9.31 Å². The van der Waals surface area contributed by atoms with E-state index in [2.05, 4.69) is 0 Å². The highest BCUT2D eigenvalue weighted by Crippen LogP contribution is 2.37. The second-order valence-corrected chi connectivity index (χ2v) is 6.41. The Labute approximate surface area is 120 Å². The molecule has 110 valence electrons. The van der Waals surface area contributed by atoms with Crippen molar-refractivity contribution in [3.8, 4) is 5.75 Å².